The van der Waals surface area contributed by atoms with Crippen LogP contribution in [0.2, 0.25) is 0 Å². The van der Waals surface area contributed by atoms with Crippen LogP contribution in [0.15, 0.2) is 0 Å². The number of carboxylic acids is 1. The molecule has 2 fully saturated rings. The van der Waals surface area contributed by atoms with Crippen molar-refractivity contribution in [3.63, 3.8) is 0 Å². The van der Waals surface area contributed by atoms with E-state index in [4.69, 9.17) is 5.11 Å². The van der Waals surface area contributed by atoms with Gasteiger partial charge in [-0.2, -0.15) is 0 Å². The minimum atomic E-state index is -0.915. The van der Waals surface area contributed by atoms with E-state index in [9.17, 15) is 9.59 Å². The Morgan fingerprint density at radius 2 is 2.06 bits per heavy atom. The highest BCUT2D eigenvalue weighted by molar-refractivity contribution is 5.86. The number of rotatable bonds is 3. The van der Waals surface area contributed by atoms with Crippen LogP contribution in [0.5, 0.6) is 0 Å². The van der Waals surface area contributed by atoms with E-state index in [1.165, 1.54) is 12.8 Å². The molecule has 5 heteroatoms. The standard InChI is InChI=1S/C13H22N2O3/c1-9-6-7-15(10-4-2-3-5-10)13(18)11(14-9)8-12(16)17/h9-11,14H,2-8H2,1H3,(H,16,17). The third-order valence-corrected chi connectivity index (χ3v) is 4.01. The second-order valence-electron chi connectivity index (χ2n) is 5.48. The zero-order chi connectivity index (χ0) is 13.1. The summed E-state index contributed by atoms with van der Waals surface area (Å²) < 4.78 is 0. The summed E-state index contributed by atoms with van der Waals surface area (Å²) in [7, 11) is 0. The molecule has 1 saturated carbocycles. The topological polar surface area (TPSA) is 69.6 Å². The zero-order valence-corrected chi connectivity index (χ0v) is 10.9. The number of hydrogen-bond donors (Lipinski definition) is 2. The molecule has 0 aromatic heterocycles. The van der Waals surface area contributed by atoms with Gasteiger partial charge >= 0.3 is 5.97 Å². The lowest BCUT2D eigenvalue weighted by Gasteiger charge is -2.29. The van der Waals surface area contributed by atoms with Gasteiger partial charge in [-0.15, -0.1) is 0 Å². The Morgan fingerprint density at radius 3 is 2.67 bits per heavy atom. The van der Waals surface area contributed by atoms with E-state index >= 15 is 0 Å². The second kappa shape index (κ2) is 5.69. The first kappa shape index (κ1) is 13.3. The van der Waals surface area contributed by atoms with E-state index in [1.54, 1.807) is 0 Å². The summed E-state index contributed by atoms with van der Waals surface area (Å²) in [5, 5.41) is 12.0. The van der Waals surface area contributed by atoms with Crippen LogP contribution in [0, 0.1) is 0 Å². The average Bonchev–Trinajstić information content (AvgIpc) is 2.77. The Kier molecular flexibility index (Phi) is 4.22. The van der Waals surface area contributed by atoms with E-state index in [2.05, 4.69) is 5.32 Å². The molecule has 1 aliphatic carbocycles. The van der Waals surface area contributed by atoms with Crippen LogP contribution in [0.4, 0.5) is 0 Å². The lowest BCUT2D eigenvalue weighted by atomic mass is 10.1. The van der Waals surface area contributed by atoms with Crippen LogP contribution < -0.4 is 5.32 Å². The van der Waals surface area contributed by atoms with Crippen molar-refractivity contribution in [2.45, 2.75) is 63.6 Å². The summed E-state index contributed by atoms with van der Waals surface area (Å²) in [5.74, 6) is -0.935. The fourth-order valence-corrected chi connectivity index (χ4v) is 3.04. The third-order valence-electron chi connectivity index (χ3n) is 4.01. The quantitative estimate of drug-likeness (QED) is 0.788. The molecule has 0 radical (unpaired) electrons. The highest BCUT2D eigenvalue weighted by atomic mass is 16.4. The fourth-order valence-electron chi connectivity index (χ4n) is 3.04. The molecule has 0 aromatic rings. The van der Waals surface area contributed by atoms with Crippen molar-refractivity contribution in [2.24, 2.45) is 0 Å². The summed E-state index contributed by atoms with van der Waals surface area (Å²) >= 11 is 0. The van der Waals surface area contributed by atoms with E-state index in [0.29, 0.717) is 6.04 Å². The van der Waals surface area contributed by atoms with Gasteiger partial charge in [0.05, 0.1) is 12.5 Å². The summed E-state index contributed by atoms with van der Waals surface area (Å²) in [5.41, 5.74) is 0. The van der Waals surface area contributed by atoms with Crippen molar-refractivity contribution in [3.8, 4) is 0 Å². The van der Waals surface area contributed by atoms with Crippen molar-refractivity contribution in [3.05, 3.63) is 0 Å². The number of nitrogens with one attached hydrogen (secondary N) is 1. The van der Waals surface area contributed by atoms with Crippen molar-refractivity contribution < 1.29 is 14.7 Å². The van der Waals surface area contributed by atoms with Gasteiger partial charge in [0, 0.05) is 18.6 Å². The predicted octanol–water partition coefficient (Wildman–Crippen LogP) is 0.983. The van der Waals surface area contributed by atoms with Gasteiger partial charge in [-0.3, -0.25) is 9.59 Å². The van der Waals surface area contributed by atoms with Crippen LogP contribution >= 0.6 is 0 Å². The molecule has 1 saturated heterocycles. The molecule has 5 nitrogen and oxygen atoms in total. The zero-order valence-electron chi connectivity index (χ0n) is 10.9. The van der Waals surface area contributed by atoms with Gasteiger partial charge in [-0.25, -0.2) is 0 Å². The SMILES string of the molecule is CC1CCN(C2CCCC2)C(=O)C(CC(=O)O)N1. The van der Waals surface area contributed by atoms with E-state index in [-0.39, 0.29) is 18.4 Å². The minimum absolute atomic E-state index is 0.0198. The van der Waals surface area contributed by atoms with Crippen molar-refractivity contribution in [1.29, 1.82) is 0 Å². The summed E-state index contributed by atoms with van der Waals surface area (Å²) in [6.45, 7) is 2.77. The monoisotopic (exact) mass is 254 g/mol. The van der Waals surface area contributed by atoms with E-state index < -0.39 is 12.0 Å². The van der Waals surface area contributed by atoms with Crippen LogP contribution in [0.3, 0.4) is 0 Å². The molecular formula is C13H22N2O3. The van der Waals surface area contributed by atoms with Gasteiger partial charge in [-0.1, -0.05) is 12.8 Å². The van der Waals surface area contributed by atoms with Gasteiger partial charge < -0.3 is 15.3 Å². The fraction of sp³-hybridized carbons (Fsp3) is 0.846. The number of carbonyl (C=O) groups excluding carboxylic acids is 1. The molecule has 0 bridgehead atoms. The van der Waals surface area contributed by atoms with Crippen molar-refractivity contribution >= 4 is 11.9 Å². The Balaban J connectivity index is 2.09. The molecule has 2 aliphatic rings. The number of aliphatic carboxylic acids is 1. The summed E-state index contributed by atoms with van der Waals surface area (Å²) in [4.78, 5) is 25.2. The Hall–Kier alpha value is -1.10. The predicted molar refractivity (Wildman–Crippen MR) is 67.2 cm³/mol. The first-order valence-corrected chi connectivity index (χ1v) is 6.86. The molecule has 2 unspecified atom stereocenters. The van der Waals surface area contributed by atoms with Gasteiger partial charge in [0.25, 0.3) is 0 Å². The first-order valence-electron chi connectivity index (χ1n) is 6.86. The number of nitrogens with zero attached hydrogens (tertiary/aromatic N) is 1. The molecule has 1 heterocycles. The average molecular weight is 254 g/mol. The number of carbonyl (C=O) groups is 2. The smallest absolute Gasteiger partial charge is 0.305 e. The van der Waals surface area contributed by atoms with Crippen LogP contribution in [-0.4, -0.2) is 46.6 Å². The van der Waals surface area contributed by atoms with Crippen LogP contribution in [-0.2, 0) is 9.59 Å². The molecule has 18 heavy (non-hydrogen) atoms. The van der Waals surface area contributed by atoms with Crippen molar-refractivity contribution in [2.75, 3.05) is 6.54 Å². The third kappa shape index (κ3) is 3.02. The molecule has 0 aromatic carbocycles. The summed E-state index contributed by atoms with van der Waals surface area (Å²) in [6, 6.07) is -0.0220. The summed E-state index contributed by atoms with van der Waals surface area (Å²) in [6.07, 6.45) is 5.28. The highest BCUT2D eigenvalue weighted by Crippen LogP contribution is 2.25. The Morgan fingerprint density at radius 1 is 1.39 bits per heavy atom. The molecule has 102 valence electrons. The Labute approximate surface area is 108 Å². The minimum Gasteiger partial charge on any atom is -0.481 e. The number of carboxylic acid groups (broad SMARTS) is 1. The normalized spacial score (nSPS) is 30.5. The van der Waals surface area contributed by atoms with Crippen LogP contribution in [0.1, 0.15) is 45.4 Å². The number of hydrogen-bond acceptors (Lipinski definition) is 3. The molecule has 0 spiro atoms. The molecule has 1 aliphatic heterocycles. The van der Waals surface area contributed by atoms with Gasteiger partial charge in [0.1, 0.15) is 0 Å². The maximum absolute atomic E-state index is 12.4. The van der Waals surface area contributed by atoms with Crippen molar-refractivity contribution in [1.82, 2.24) is 10.2 Å². The van der Waals surface area contributed by atoms with Gasteiger partial charge in [-0.05, 0) is 26.2 Å². The molecule has 1 amide bonds. The first-order chi connectivity index (χ1) is 8.58. The van der Waals surface area contributed by atoms with Crippen LogP contribution in [0.25, 0.3) is 0 Å². The maximum atomic E-state index is 12.4. The Bertz CT molecular complexity index is 326. The van der Waals surface area contributed by atoms with Gasteiger partial charge in [0.15, 0.2) is 0 Å². The second-order valence-corrected chi connectivity index (χ2v) is 5.48. The highest BCUT2D eigenvalue weighted by Gasteiger charge is 2.35. The number of amides is 1. The molecular weight excluding hydrogens is 232 g/mol. The van der Waals surface area contributed by atoms with E-state index in [1.807, 2.05) is 11.8 Å². The lowest BCUT2D eigenvalue weighted by Crippen LogP contribution is -2.49. The largest absolute Gasteiger partial charge is 0.481 e. The molecule has 2 rings (SSSR count). The molecule has 2 atom stereocenters. The van der Waals surface area contributed by atoms with E-state index in [0.717, 1.165) is 25.8 Å². The maximum Gasteiger partial charge on any atom is 0.305 e. The lowest BCUT2D eigenvalue weighted by molar-refractivity contribution is -0.143. The van der Waals surface area contributed by atoms with Gasteiger partial charge in [0.2, 0.25) is 5.91 Å². The molecule has 2 N–H and O–H groups in total.